The van der Waals surface area contributed by atoms with Gasteiger partial charge in [-0.05, 0) is 43.0 Å². The molecule has 2 aromatic rings. The zero-order valence-corrected chi connectivity index (χ0v) is 18.7. The molecule has 3 fully saturated rings. The number of likely N-dealkylation sites (tertiary alicyclic amines) is 1. The second kappa shape index (κ2) is 8.70. The number of carbonyl (C=O) groups is 2. The van der Waals surface area contributed by atoms with Crippen LogP contribution in [-0.4, -0.2) is 60.3 Å². The first-order valence-electron chi connectivity index (χ1n) is 11.3. The van der Waals surface area contributed by atoms with Crippen LogP contribution in [0.2, 0.25) is 0 Å². The Morgan fingerprint density at radius 2 is 1.94 bits per heavy atom. The van der Waals surface area contributed by atoms with E-state index in [1.54, 1.807) is 17.0 Å². The summed E-state index contributed by atoms with van der Waals surface area (Å²) in [5.41, 5.74) is -0.467. The van der Waals surface area contributed by atoms with Crippen LogP contribution in [0.3, 0.4) is 0 Å². The average Bonchev–Trinajstić information content (AvgIpc) is 2.97. The summed E-state index contributed by atoms with van der Waals surface area (Å²) in [4.78, 5) is 27.2. The molecule has 3 aliphatic heterocycles. The maximum absolute atomic E-state index is 15.7. The van der Waals surface area contributed by atoms with Gasteiger partial charge in [0.25, 0.3) is 5.91 Å². The number of halogens is 3. The Hall–Kier alpha value is -2.91. The van der Waals surface area contributed by atoms with Crippen molar-refractivity contribution >= 4 is 11.8 Å². The van der Waals surface area contributed by atoms with E-state index in [2.05, 4.69) is 5.32 Å². The van der Waals surface area contributed by atoms with Gasteiger partial charge in [0, 0.05) is 24.1 Å². The van der Waals surface area contributed by atoms with E-state index in [0.29, 0.717) is 19.4 Å². The van der Waals surface area contributed by atoms with E-state index < -0.39 is 35.1 Å². The van der Waals surface area contributed by atoms with Crippen LogP contribution in [0.1, 0.15) is 25.3 Å². The molecule has 0 saturated carbocycles. The third kappa shape index (κ3) is 3.96. The molecular weight excluding hydrogens is 449 g/mol. The lowest BCUT2D eigenvalue weighted by atomic mass is 9.84. The molecule has 0 bridgehead atoms. The third-order valence-corrected chi connectivity index (χ3v) is 6.98. The third-order valence-electron chi connectivity index (χ3n) is 6.98. The van der Waals surface area contributed by atoms with Crippen LogP contribution >= 0.6 is 0 Å². The monoisotopic (exact) mass is 474 g/mol. The molecule has 5 rings (SSSR count). The van der Waals surface area contributed by atoms with Crippen LogP contribution in [0.25, 0.3) is 11.1 Å². The van der Waals surface area contributed by atoms with Crippen molar-refractivity contribution in [1.29, 1.82) is 0 Å². The average molecular weight is 474 g/mol. The Morgan fingerprint density at radius 1 is 1.21 bits per heavy atom. The number of carbonyl (C=O) groups excluding carboxylic acids is 2. The fourth-order valence-electron chi connectivity index (χ4n) is 5.44. The minimum atomic E-state index is -0.873. The Kier molecular flexibility index (Phi) is 5.85. The summed E-state index contributed by atoms with van der Waals surface area (Å²) in [5.74, 6) is -2.71. The molecule has 180 valence electrons. The van der Waals surface area contributed by atoms with Crippen LogP contribution in [0.4, 0.5) is 13.2 Å². The molecule has 1 spiro atoms. The van der Waals surface area contributed by atoms with Crippen LogP contribution in [0.5, 0.6) is 0 Å². The first kappa shape index (κ1) is 22.9. The van der Waals surface area contributed by atoms with E-state index in [1.807, 2.05) is 6.92 Å². The number of benzene rings is 2. The summed E-state index contributed by atoms with van der Waals surface area (Å²) in [6, 6.07) is 6.71. The molecule has 3 saturated heterocycles. The van der Waals surface area contributed by atoms with Gasteiger partial charge in [0.2, 0.25) is 5.91 Å². The van der Waals surface area contributed by atoms with E-state index in [-0.39, 0.29) is 54.2 Å². The van der Waals surface area contributed by atoms with Crippen molar-refractivity contribution in [3.63, 3.8) is 0 Å². The summed E-state index contributed by atoms with van der Waals surface area (Å²) in [6.07, 6.45) is 0.605. The Morgan fingerprint density at radius 3 is 2.59 bits per heavy atom. The minimum absolute atomic E-state index is 0.0557. The first-order valence-corrected chi connectivity index (χ1v) is 11.3. The predicted octanol–water partition coefficient (Wildman–Crippen LogP) is 2.98. The molecule has 4 atom stereocenters. The number of nitrogens with zero attached hydrogens (tertiary/aromatic N) is 1. The van der Waals surface area contributed by atoms with E-state index in [1.165, 1.54) is 6.07 Å². The summed E-state index contributed by atoms with van der Waals surface area (Å²) < 4.78 is 54.2. The van der Waals surface area contributed by atoms with Gasteiger partial charge in [-0.1, -0.05) is 18.2 Å². The van der Waals surface area contributed by atoms with Gasteiger partial charge in [0.05, 0.1) is 24.8 Å². The normalized spacial score (nSPS) is 28.6. The Labute approximate surface area is 195 Å². The van der Waals surface area contributed by atoms with Crippen LogP contribution in [0.15, 0.2) is 36.4 Å². The summed E-state index contributed by atoms with van der Waals surface area (Å²) in [5, 5.41) is 3.01. The maximum Gasteiger partial charge on any atom is 0.252 e. The predicted molar refractivity (Wildman–Crippen MR) is 116 cm³/mol. The highest BCUT2D eigenvalue weighted by Gasteiger charge is 2.56. The molecular formula is C25H25F3N2O4. The lowest BCUT2D eigenvalue weighted by molar-refractivity contribution is -0.160. The second-order valence-electron chi connectivity index (χ2n) is 9.30. The van der Waals surface area contributed by atoms with E-state index in [4.69, 9.17) is 9.47 Å². The van der Waals surface area contributed by atoms with Crippen molar-refractivity contribution in [1.82, 2.24) is 10.2 Å². The lowest BCUT2D eigenvalue weighted by Gasteiger charge is -2.42. The Bertz CT molecular complexity index is 1120. The van der Waals surface area contributed by atoms with E-state index >= 15 is 4.39 Å². The first-order chi connectivity index (χ1) is 16.3. The van der Waals surface area contributed by atoms with Crippen molar-refractivity contribution in [3.8, 4) is 11.1 Å². The summed E-state index contributed by atoms with van der Waals surface area (Å²) in [7, 11) is 0. The molecule has 2 aromatic carbocycles. The Balaban J connectivity index is 1.53. The van der Waals surface area contributed by atoms with Gasteiger partial charge < -0.3 is 19.7 Å². The number of morpholine rings is 1. The highest BCUT2D eigenvalue weighted by molar-refractivity contribution is 5.84. The molecule has 0 aliphatic carbocycles. The van der Waals surface area contributed by atoms with Gasteiger partial charge in [-0.2, -0.15) is 0 Å². The maximum atomic E-state index is 15.7. The molecule has 2 amide bonds. The molecule has 3 aliphatic rings. The fraction of sp³-hybridized carbons (Fsp3) is 0.440. The van der Waals surface area contributed by atoms with Crippen molar-refractivity contribution in [2.45, 2.75) is 49.9 Å². The highest BCUT2D eigenvalue weighted by Crippen LogP contribution is 2.39. The number of rotatable bonds is 4. The quantitative estimate of drug-likeness (QED) is 0.740. The zero-order chi connectivity index (χ0) is 24.0. The second-order valence-corrected chi connectivity index (χ2v) is 9.30. The standard InChI is InChI=1S/C25H25F3N2O4/c1-14-11-25(13-33-12-22(31)29-25)21(30(14)24(32)20-5-6-34-20)9-15-3-2-4-19(23(15)28)16-7-17(26)10-18(27)8-16/h2-4,7-8,10,14,20-21H,5-6,9,11-13H2,1H3,(H,29,31). The van der Waals surface area contributed by atoms with Crippen molar-refractivity contribution in [2.24, 2.45) is 0 Å². The molecule has 6 nitrogen and oxygen atoms in total. The topological polar surface area (TPSA) is 67.9 Å². The number of amides is 2. The number of hydrogen-bond donors (Lipinski definition) is 1. The van der Waals surface area contributed by atoms with Crippen LogP contribution < -0.4 is 5.32 Å². The van der Waals surface area contributed by atoms with Gasteiger partial charge in [-0.3, -0.25) is 9.59 Å². The van der Waals surface area contributed by atoms with Gasteiger partial charge in [-0.15, -0.1) is 0 Å². The lowest BCUT2D eigenvalue weighted by Crippen LogP contribution is -2.65. The molecule has 9 heteroatoms. The smallest absolute Gasteiger partial charge is 0.252 e. The molecule has 0 aromatic heterocycles. The van der Waals surface area contributed by atoms with E-state index in [0.717, 1.165) is 18.2 Å². The van der Waals surface area contributed by atoms with Crippen LogP contribution in [0, 0.1) is 17.5 Å². The number of hydrogen-bond acceptors (Lipinski definition) is 4. The summed E-state index contributed by atoms with van der Waals surface area (Å²) >= 11 is 0. The zero-order valence-electron chi connectivity index (χ0n) is 18.7. The molecule has 34 heavy (non-hydrogen) atoms. The number of nitrogens with one attached hydrogen (secondary N) is 1. The highest BCUT2D eigenvalue weighted by atomic mass is 19.1. The van der Waals surface area contributed by atoms with Gasteiger partial charge in [0.15, 0.2) is 0 Å². The molecule has 4 unspecified atom stereocenters. The molecule has 1 N–H and O–H groups in total. The van der Waals surface area contributed by atoms with Gasteiger partial charge >= 0.3 is 0 Å². The van der Waals surface area contributed by atoms with Crippen molar-refractivity contribution in [2.75, 3.05) is 19.8 Å². The fourth-order valence-corrected chi connectivity index (χ4v) is 5.44. The van der Waals surface area contributed by atoms with Crippen molar-refractivity contribution < 1.29 is 32.2 Å². The van der Waals surface area contributed by atoms with E-state index in [9.17, 15) is 18.4 Å². The SMILES string of the molecule is CC1CC2(COCC(=O)N2)C(Cc2cccc(-c3cc(F)cc(F)c3)c2F)N1C(=O)C1CCO1. The largest absolute Gasteiger partial charge is 0.369 e. The minimum Gasteiger partial charge on any atom is -0.369 e. The van der Waals surface area contributed by atoms with Crippen molar-refractivity contribution in [3.05, 3.63) is 59.4 Å². The number of ether oxygens (including phenoxy) is 2. The summed E-state index contributed by atoms with van der Waals surface area (Å²) in [6.45, 7) is 2.52. The van der Waals surface area contributed by atoms with Gasteiger partial charge in [-0.25, -0.2) is 13.2 Å². The molecule has 3 heterocycles. The molecule has 0 radical (unpaired) electrons. The van der Waals surface area contributed by atoms with Crippen LogP contribution in [-0.2, 0) is 25.5 Å². The van der Waals surface area contributed by atoms with Gasteiger partial charge in [0.1, 0.15) is 30.2 Å².